The molecule has 2 aromatic rings. The maximum atomic E-state index is 11.2. The Balaban J connectivity index is 1.98. The molecular formula is C12H10N2O4. The highest BCUT2D eigenvalue weighted by atomic mass is 16.5. The normalized spacial score (nSPS) is 13.7. The summed E-state index contributed by atoms with van der Waals surface area (Å²) in [4.78, 5) is 11.2. The number of rotatable bonds is 2. The molecule has 0 saturated carbocycles. The van der Waals surface area contributed by atoms with Gasteiger partial charge >= 0.3 is 0 Å². The summed E-state index contributed by atoms with van der Waals surface area (Å²) in [7, 11) is 0. The maximum Gasteiger partial charge on any atom is 0.262 e. The van der Waals surface area contributed by atoms with Crippen LogP contribution in [0.5, 0.6) is 5.75 Å². The van der Waals surface area contributed by atoms with Crippen molar-refractivity contribution >= 4 is 11.6 Å². The van der Waals surface area contributed by atoms with Crippen LogP contribution in [0.25, 0.3) is 11.3 Å². The second-order valence-electron chi connectivity index (χ2n) is 3.88. The first-order valence-electron chi connectivity index (χ1n) is 5.40. The van der Waals surface area contributed by atoms with E-state index in [-0.39, 0.29) is 19.1 Å². The second-order valence-corrected chi connectivity index (χ2v) is 3.88. The number of amides is 1. The van der Waals surface area contributed by atoms with Crippen LogP contribution < -0.4 is 10.1 Å². The third kappa shape index (κ3) is 1.82. The van der Waals surface area contributed by atoms with Gasteiger partial charge in [-0.3, -0.25) is 4.79 Å². The van der Waals surface area contributed by atoms with Crippen LogP contribution in [-0.4, -0.2) is 22.8 Å². The van der Waals surface area contributed by atoms with Gasteiger partial charge in [0.15, 0.2) is 12.4 Å². The average Bonchev–Trinajstić information content (AvgIpc) is 2.86. The molecule has 0 bridgehead atoms. The van der Waals surface area contributed by atoms with E-state index in [0.717, 1.165) is 5.56 Å². The van der Waals surface area contributed by atoms with Gasteiger partial charge in [0.1, 0.15) is 18.1 Å². The molecule has 1 amide bonds. The lowest BCUT2D eigenvalue weighted by atomic mass is 10.1. The highest BCUT2D eigenvalue weighted by Gasteiger charge is 2.17. The van der Waals surface area contributed by atoms with E-state index in [1.165, 1.54) is 0 Å². The van der Waals surface area contributed by atoms with E-state index < -0.39 is 0 Å². The third-order valence-electron chi connectivity index (χ3n) is 2.62. The Labute approximate surface area is 102 Å². The van der Waals surface area contributed by atoms with Crippen LogP contribution in [0.2, 0.25) is 0 Å². The summed E-state index contributed by atoms with van der Waals surface area (Å²) in [5.74, 6) is 0.836. The lowest BCUT2D eigenvalue weighted by Gasteiger charge is -2.17. The Hall–Kier alpha value is -2.34. The van der Waals surface area contributed by atoms with Crippen molar-refractivity contribution in [2.75, 3.05) is 11.9 Å². The van der Waals surface area contributed by atoms with E-state index in [1.807, 2.05) is 6.07 Å². The van der Waals surface area contributed by atoms with E-state index in [0.29, 0.717) is 22.9 Å². The van der Waals surface area contributed by atoms with Gasteiger partial charge in [-0.05, 0) is 18.2 Å². The fraction of sp³-hybridized carbons (Fsp3) is 0.167. The topological polar surface area (TPSA) is 84.6 Å². The first kappa shape index (κ1) is 10.8. The molecule has 1 aliphatic heterocycles. The molecule has 0 saturated heterocycles. The van der Waals surface area contributed by atoms with Crippen LogP contribution in [0.3, 0.4) is 0 Å². The average molecular weight is 246 g/mol. The van der Waals surface area contributed by atoms with Crippen molar-refractivity contribution in [3.8, 4) is 17.0 Å². The first-order valence-corrected chi connectivity index (χ1v) is 5.40. The van der Waals surface area contributed by atoms with Crippen LogP contribution in [0.4, 0.5) is 5.69 Å². The lowest BCUT2D eigenvalue weighted by molar-refractivity contribution is -0.118. The molecule has 0 fully saturated rings. The Kier molecular flexibility index (Phi) is 2.49. The number of benzene rings is 1. The minimum atomic E-state index is -0.197. The van der Waals surface area contributed by atoms with Crippen molar-refractivity contribution in [2.45, 2.75) is 6.61 Å². The molecule has 18 heavy (non-hydrogen) atoms. The number of aliphatic hydroxyl groups is 1. The number of hydrogen-bond donors (Lipinski definition) is 2. The number of fused-ring (bicyclic) bond motifs is 1. The molecule has 92 valence electrons. The Morgan fingerprint density at radius 3 is 3.06 bits per heavy atom. The van der Waals surface area contributed by atoms with Crippen LogP contribution in [0.15, 0.2) is 28.8 Å². The fourth-order valence-electron chi connectivity index (χ4n) is 1.77. The van der Waals surface area contributed by atoms with E-state index in [2.05, 4.69) is 10.5 Å². The van der Waals surface area contributed by atoms with E-state index >= 15 is 0 Å². The number of nitrogens with zero attached hydrogens (tertiary/aromatic N) is 1. The SMILES string of the molecule is O=C1COc2ccc(-c3cc(CO)on3)cc2N1. The maximum absolute atomic E-state index is 11.2. The molecular weight excluding hydrogens is 236 g/mol. The van der Waals surface area contributed by atoms with Gasteiger partial charge in [-0.2, -0.15) is 0 Å². The fourth-order valence-corrected chi connectivity index (χ4v) is 1.77. The third-order valence-corrected chi connectivity index (χ3v) is 2.62. The standard InChI is InChI=1S/C12H10N2O4/c15-5-8-4-9(14-18-8)7-1-2-11-10(3-7)13-12(16)6-17-11/h1-4,15H,5-6H2,(H,13,16). The van der Waals surface area contributed by atoms with Crippen molar-refractivity contribution in [1.82, 2.24) is 5.16 Å². The zero-order chi connectivity index (χ0) is 12.5. The quantitative estimate of drug-likeness (QED) is 0.830. The summed E-state index contributed by atoms with van der Waals surface area (Å²) >= 11 is 0. The Morgan fingerprint density at radius 1 is 1.39 bits per heavy atom. The van der Waals surface area contributed by atoms with E-state index in [9.17, 15) is 4.79 Å². The molecule has 1 aliphatic rings. The van der Waals surface area contributed by atoms with Gasteiger partial charge in [0.05, 0.1) is 5.69 Å². The monoisotopic (exact) mass is 246 g/mol. The van der Waals surface area contributed by atoms with Gasteiger partial charge in [-0.25, -0.2) is 0 Å². The number of aliphatic hydroxyl groups excluding tert-OH is 1. The molecule has 1 aromatic heterocycles. The van der Waals surface area contributed by atoms with Gasteiger partial charge in [0.25, 0.3) is 5.91 Å². The van der Waals surface area contributed by atoms with Crippen molar-refractivity contribution < 1.29 is 19.2 Å². The van der Waals surface area contributed by atoms with Crippen LogP contribution in [0, 0.1) is 0 Å². The second kappa shape index (κ2) is 4.15. The first-order chi connectivity index (χ1) is 8.76. The number of nitrogens with one attached hydrogen (secondary N) is 1. The van der Waals surface area contributed by atoms with Gasteiger partial charge in [-0.15, -0.1) is 0 Å². The summed E-state index contributed by atoms with van der Waals surface area (Å²) in [6.07, 6.45) is 0. The molecule has 6 heteroatoms. The molecule has 2 heterocycles. The van der Waals surface area contributed by atoms with Crippen molar-refractivity contribution in [3.05, 3.63) is 30.0 Å². The van der Waals surface area contributed by atoms with Gasteiger partial charge in [0.2, 0.25) is 0 Å². The molecule has 6 nitrogen and oxygen atoms in total. The van der Waals surface area contributed by atoms with Gasteiger partial charge < -0.3 is 19.7 Å². The van der Waals surface area contributed by atoms with Gasteiger partial charge in [0, 0.05) is 11.6 Å². The number of carbonyl (C=O) groups excluding carboxylic acids is 1. The Bertz CT molecular complexity index is 606. The number of ether oxygens (including phenoxy) is 1. The molecule has 0 unspecified atom stereocenters. The summed E-state index contributed by atoms with van der Waals surface area (Å²) in [5.41, 5.74) is 1.99. The molecule has 1 aromatic carbocycles. The molecule has 2 N–H and O–H groups in total. The summed E-state index contributed by atoms with van der Waals surface area (Å²) in [6.45, 7) is -0.164. The number of aromatic nitrogens is 1. The zero-order valence-electron chi connectivity index (χ0n) is 9.34. The van der Waals surface area contributed by atoms with E-state index in [4.69, 9.17) is 14.4 Å². The van der Waals surface area contributed by atoms with Crippen molar-refractivity contribution in [3.63, 3.8) is 0 Å². The predicted octanol–water partition coefficient (Wildman–Crippen LogP) is 1.16. The summed E-state index contributed by atoms with van der Waals surface area (Å²) < 4.78 is 10.2. The van der Waals surface area contributed by atoms with Crippen molar-refractivity contribution in [2.24, 2.45) is 0 Å². The predicted molar refractivity (Wildman–Crippen MR) is 62.0 cm³/mol. The lowest BCUT2D eigenvalue weighted by Crippen LogP contribution is -2.25. The molecule has 0 atom stereocenters. The van der Waals surface area contributed by atoms with Crippen LogP contribution in [-0.2, 0) is 11.4 Å². The highest BCUT2D eigenvalue weighted by molar-refractivity contribution is 5.96. The summed E-state index contributed by atoms with van der Waals surface area (Å²) in [6, 6.07) is 6.98. The number of hydrogen-bond acceptors (Lipinski definition) is 5. The number of anilines is 1. The van der Waals surface area contributed by atoms with E-state index in [1.54, 1.807) is 18.2 Å². The molecule has 3 rings (SSSR count). The smallest absolute Gasteiger partial charge is 0.262 e. The van der Waals surface area contributed by atoms with Crippen LogP contribution in [0.1, 0.15) is 5.76 Å². The molecule has 0 aliphatic carbocycles. The zero-order valence-corrected chi connectivity index (χ0v) is 9.34. The van der Waals surface area contributed by atoms with Crippen molar-refractivity contribution in [1.29, 1.82) is 0 Å². The van der Waals surface area contributed by atoms with Gasteiger partial charge in [-0.1, -0.05) is 5.16 Å². The van der Waals surface area contributed by atoms with Crippen LogP contribution >= 0.6 is 0 Å². The minimum absolute atomic E-state index is 0.0327. The molecule has 0 spiro atoms. The minimum Gasteiger partial charge on any atom is -0.482 e. The molecule has 0 radical (unpaired) electrons. The Morgan fingerprint density at radius 2 is 2.28 bits per heavy atom. The largest absolute Gasteiger partial charge is 0.482 e. The summed E-state index contributed by atoms with van der Waals surface area (Å²) in [5, 5.41) is 15.5. The highest BCUT2D eigenvalue weighted by Crippen LogP contribution is 2.32. The number of carbonyl (C=O) groups is 1.